The van der Waals surface area contributed by atoms with Crippen LogP contribution < -0.4 is 20.0 Å². The molecule has 0 atom stereocenters. The number of hydrogen-bond donors (Lipinski definition) is 1. The molecule has 0 unspecified atom stereocenters. The first-order chi connectivity index (χ1) is 15.3. The highest BCUT2D eigenvalue weighted by atomic mass is 16.5. The first kappa shape index (κ1) is 21.3. The normalized spacial score (nSPS) is 17.2. The fraction of sp³-hybridized carbons (Fsp3) is 0.565. The summed E-state index contributed by atoms with van der Waals surface area (Å²) in [6.07, 6.45) is 9.99. The minimum atomic E-state index is 0.486. The van der Waals surface area contributed by atoms with Gasteiger partial charge in [-0.3, -0.25) is 0 Å². The van der Waals surface area contributed by atoms with Gasteiger partial charge in [-0.1, -0.05) is 19.1 Å². The van der Waals surface area contributed by atoms with Gasteiger partial charge >= 0.3 is 0 Å². The van der Waals surface area contributed by atoms with Gasteiger partial charge in [0.1, 0.15) is 5.75 Å². The fourth-order valence-corrected chi connectivity index (χ4v) is 3.96. The first-order valence-electron chi connectivity index (χ1n) is 11.6. The van der Waals surface area contributed by atoms with Crippen LogP contribution in [0.15, 0.2) is 29.4 Å². The molecule has 2 aliphatic heterocycles. The molecule has 0 amide bonds. The highest BCUT2D eigenvalue weighted by molar-refractivity contribution is 5.83. The van der Waals surface area contributed by atoms with Gasteiger partial charge in [0, 0.05) is 31.7 Å². The van der Waals surface area contributed by atoms with Crippen molar-refractivity contribution in [3.05, 3.63) is 29.8 Å². The van der Waals surface area contributed by atoms with Crippen LogP contribution in [0.3, 0.4) is 0 Å². The van der Waals surface area contributed by atoms with Crippen LogP contribution in [0.4, 0.5) is 17.8 Å². The van der Waals surface area contributed by atoms with E-state index in [1.54, 1.807) is 6.21 Å². The number of hydrazone groups is 1. The van der Waals surface area contributed by atoms with Gasteiger partial charge in [0.05, 0.1) is 12.8 Å². The van der Waals surface area contributed by atoms with Crippen molar-refractivity contribution >= 4 is 24.1 Å². The zero-order valence-electron chi connectivity index (χ0n) is 18.5. The number of nitrogens with one attached hydrogen (secondary N) is 1. The molecule has 1 aromatic carbocycles. The van der Waals surface area contributed by atoms with Crippen molar-refractivity contribution in [3.8, 4) is 5.75 Å². The summed E-state index contributed by atoms with van der Waals surface area (Å²) in [7, 11) is 0. The largest absolute Gasteiger partial charge is 0.493 e. The van der Waals surface area contributed by atoms with E-state index in [1.165, 1.54) is 38.5 Å². The minimum absolute atomic E-state index is 0.486. The molecule has 1 aromatic heterocycles. The van der Waals surface area contributed by atoms with Gasteiger partial charge in [0.25, 0.3) is 0 Å². The van der Waals surface area contributed by atoms with Gasteiger partial charge < -0.3 is 14.5 Å². The Morgan fingerprint density at radius 3 is 2.13 bits per heavy atom. The van der Waals surface area contributed by atoms with Crippen molar-refractivity contribution < 1.29 is 4.74 Å². The predicted molar refractivity (Wildman–Crippen MR) is 125 cm³/mol. The van der Waals surface area contributed by atoms with E-state index in [-0.39, 0.29) is 0 Å². The Morgan fingerprint density at radius 2 is 1.52 bits per heavy atom. The molecular formula is C23H33N7O. The lowest BCUT2D eigenvalue weighted by Gasteiger charge is -2.30. The second-order valence-electron chi connectivity index (χ2n) is 8.11. The van der Waals surface area contributed by atoms with Crippen molar-refractivity contribution in [2.24, 2.45) is 5.10 Å². The standard InChI is InChI=1S/C23H33N7O/c1-2-17-31-20-12-6-5-11-19(20)18-24-28-21-25-22(29-13-7-3-8-14-29)27-23(26-21)30-15-9-4-10-16-30/h5-6,11-12,18H,2-4,7-10,13-17H2,1H3,(H,25,26,27,28)/b24-18-. The Morgan fingerprint density at radius 1 is 0.903 bits per heavy atom. The van der Waals surface area contributed by atoms with Gasteiger partial charge in [0.15, 0.2) is 0 Å². The van der Waals surface area contributed by atoms with Crippen molar-refractivity contribution in [2.75, 3.05) is 48.0 Å². The Bertz CT molecular complexity index is 825. The summed E-state index contributed by atoms with van der Waals surface area (Å²) in [6, 6.07) is 7.90. The van der Waals surface area contributed by atoms with Crippen LogP contribution >= 0.6 is 0 Å². The van der Waals surface area contributed by atoms with E-state index in [9.17, 15) is 0 Å². The second-order valence-corrected chi connectivity index (χ2v) is 8.11. The van der Waals surface area contributed by atoms with Gasteiger partial charge in [-0.15, -0.1) is 0 Å². The third-order valence-electron chi connectivity index (χ3n) is 5.64. The summed E-state index contributed by atoms with van der Waals surface area (Å²) in [6.45, 7) is 6.76. The quantitative estimate of drug-likeness (QED) is 0.506. The molecule has 31 heavy (non-hydrogen) atoms. The van der Waals surface area contributed by atoms with Crippen molar-refractivity contribution in [2.45, 2.75) is 51.9 Å². The number of aromatic nitrogens is 3. The first-order valence-corrected chi connectivity index (χ1v) is 11.6. The molecule has 2 fully saturated rings. The smallest absolute Gasteiger partial charge is 0.250 e. The van der Waals surface area contributed by atoms with Gasteiger partial charge in [-0.25, -0.2) is 5.43 Å². The number of hydrogen-bond acceptors (Lipinski definition) is 8. The molecule has 2 saturated heterocycles. The number of benzene rings is 1. The number of anilines is 3. The lowest BCUT2D eigenvalue weighted by molar-refractivity contribution is 0.317. The number of rotatable bonds is 8. The number of para-hydroxylation sites is 1. The number of ether oxygens (including phenoxy) is 1. The summed E-state index contributed by atoms with van der Waals surface area (Å²) in [5, 5.41) is 4.41. The summed E-state index contributed by atoms with van der Waals surface area (Å²) in [5.41, 5.74) is 3.96. The molecule has 8 nitrogen and oxygen atoms in total. The molecular weight excluding hydrogens is 390 g/mol. The Kier molecular flexibility index (Phi) is 7.52. The Hall–Kier alpha value is -2.90. The lowest BCUT2D eigenvalue weighted by atomic mass is 10.1. The van der Waals surface area contributed by atoms with E-state index in [0.29, 0.717) is 12.6 Å². The van der Waals surface area contributed by atoms with Crippen LogP contribution in [0.2, 0.25) is 0 Å². The zero-order valence-corrected chi connectivity index (χ0v) is 18.5. The number of nitrogens with zero attached hydrogens (tertiary/aromatic N) is 6. The maximum absolute atomic E-state index is 5.81. The van der Waals surface area contributed by atoms with Crippen LogP contribution in [0.1, 0.15) is 57.4 Å². The molecule has 2 aliphatic rings. The van der Waals surface area contributed by atoms with Crippen molar-refractivity contribution in [1.29, 1.82) is 0 Å². The average Bonchev–Trinajstić information content (AvgIpc) is 2.84. The second kappa shape index (κ2) is 10.9. The van der Waals surface area contributed by atoms with Crippen LogP contribution in [0.5, 0.6) is 5.75 Å². The molecule has 4 rings (SSSR count). The molecule has 0 bridgehead atoms. The molecule has 0 radical (unpaired) electrons. The summed E-state index contributed by atoms with van der Waals surface area (Å²) >= 11 is 0. The summed E-state index contributed by atoms with van der Waals surface area (Å²) < 4.78 is 5.81. The van der Waals surface area contributed by atoms with Gasteiger partial charge in [-0.05, 0) is 57.1 Å². The van der Waals surface area contributed by atoms with Crippen molar-refractivity contribution in [3.63, 3.8) is 0 Å². The Balaban J connectivity index is 1.53. The molecule has 3 heterocycles. The van der Waals surface area contributed by atoms with E-state index in [2.05, 4.69) is 37.2 Å². The van der Waals surface area contributed by atoms with Gasteiger partial charge in [0.2, 0.25) is 17.8 Å². The van der Waals surface area contributed by atoms with Crippen LogP contribution in [0, 0.1) is 0 Å². The predicted octanol–water partition coefficient (Wildman–Crippen LogP) is 4.09. The van der Waals surface area contributed by atoms with E-state index in [0.717, 1.165) is 55.8 Å². The zero-order chi connectivity index (χ0) is 21.3. The molecule has 8 heteroatoms. The molecule has 2 aromatic rings. The van der Waals surface area contributed by atoms with E-state index < -0.39 is 0 Å². The van der Waals surface area contributed by atoms with E-state index >= 15 is 0 Å². The highest BCUT2D eigenvalue weighted by Gasteiger charge is 2.20. The molecule has 0 saturated carbocycles. The SMILES string of the molecule is CCCOc1ccccc1/C=N\Nc1nc(N2CCCCC2)nc(N2CCCCC2)n1. The molecule has 0 spiro atoms. The molecule has 166 valence electrons. The lowest BCUT2D eigenvalue weighted by Crippen LogP contribution is -2.34. The average molecular weight is 424 g/mol. The van der Waals surface area contributed by atoms with Crippen LogP contribution in [-0.2, 0) is 0 Å². The van der Waals surface area contributed by atoms with E-state index in [1.807, 2.05) is 24.3 Å². The topological polar surface area (TPSA) is 78.8 Å². The molecule has 0 aliphatic carbocycles. The Labute approximate surface area is 184 Å². The monoisotopic (exact) mass is 423 g/mol. The van der Waals surface area contributed by atoms with Crippen LogP contribution in [-0.4, -0.2) is 54.0 Å². The minimum Gasteiger partial charge on any atom is -0.493 e. The number of piperidine rings is 2. The maximum atomic E-state index is 5.81. The fourth-order valence-electron chi connectivity index (χ4n) is 3.96. The van der Waals surface area contributed by atoms with Gasteiger partial charge in [-0.2, -0.15) is 20.1 Å². The maximum Gasteiger partial charge on any atom is 0.250 e. The van der Waals surface area contributed by atoms with Crippen molar-refractivity contribution in [1.82, 2.24) is 15.0 Å². The van der Waals surface area contributed by atoms with Crippen LogP contribution in [0.25, 0.3) is 0 Å². The third kappa shape index (κ3) is 5.83. The molecule has 1 N–H and O–H groups in total. The van der Waals surface area contributed by atoms with E-state index in [4.69, 9.17) is 9.72 Å². The summed E-state index contributed by atoms with van der Waals surface area (Å²) in [5.74, 6) is 2.81. The third-order valence-corrected chi connectivity index (χ3v) is 5.64. The highest BCUT2D eigenvalue weighted by Crippen LogP contribution is 2.22. The summed E-state index contributed by atoms with van der Waals surface area (Å²) in [4.78, 5) is 18.7.